The lowest BCUT2D eigenvalue weighted by Gasteiger charge is -2.19. The molecule has 30 heavy (non-hydrogen) atoms. The maximum absolute atomic E-state index is 12.3. The van der Waals surface area contributed by atoms with Gasteiger partial charge in [-0.05, 0) is 68.7 Å². The van der Waals surface area contributed by atoms with Crippen molar-refractivity contribution >= 4 is 22.8 Å². The Balaban J connectivity index is 1.73. The first-order chi connectivity index (χ1) is 14.3. The molecule has 2 aromatic carbocycles. The fourth-order valence-electron chi connectivity index (χ4n) is 3.34. The van der Waals surface area contributed by atoms with Crippen molar-refractivity contribution in [3.05, 3.63) is 54.1 Å². The number of esters is 1. The first-order valence-corrected chi connectivity index (χ1v) is 9.99. The minimum atomic E-state index is -0.570. The van der Waals surface area contributed by atoms with E-state index in [1.165, 1.54) is 0 Å². The van der Waals surface area contributed by atoms with E-state index < -0.39 is 11.6 Å². The number of H-pyrrole nitrogens is 1. The summed E-state index contributed by atoms with van der Waals surface area (Å²) < 4.78 is 10.5. The molecule has 0 unspecified atom stereocenters. The van der Waals surface area contributed by atoms with Gasteiger partial charge in [0.15, 0.2) is 0 Å². The maximum Gasteiger partial charge on any atom is 0.325 e. The molecule has 0 spiro atoms. The highest BCUT2D eigenvalue weighted by atomic mass is 16.6. The lowest BCUT2D eigenvalue weighted by molar-refractivity contribution is -0.154. The Morgan fingerprint density at radius 1 is 1.03 bits per heavy atom. The van der Waals surface area contributed by atoms with E-state index in [1.54, 1.807) is 27.9 Å². The van der Waals surface area contributed by atoms with E-state index in [0.717, 1.165) is 33.5 Å². The zero-order chi connectivity index (χ0) is 21.7. The van der Waals surface area contributed by atoms with E-state index in [2.05, 4.69) is 10.3 Å². The summed E-state index contributed by atoms with van der Waals surface area (Å²) in [6, 6.07) is 15.9. The maximum atomic E-state index is 12.3. The fraction of sp³-hybridized carbons (Fsp3) is 0.333. The van der Waals surface area contributed by atoms with Gasteiger partial charge in [-0.25, -0.2) is 0 Å². The molecule has 158 valence electrons. The molecule has 0 saturated carbocycles. The monoisotopic (exact) mass is 408 g/mol. The molecular weight excluding hydrogens is 380 g/mol. The van der Waals surface area contributed by atoms with Gasteiger partial charge in [-0.15, -0.1) is 0 Å². The van der Waals surface area contributed by atoms with Gasteiger partial charge >= 0.3 is 5.97 Å². The lowest BCUT2D eigenvalue weighted by atomic mass is 10.0. The number of carbonyl (C=O) groups is 2. The number of aromatic nitrogens is 1. The van der Waals surface area contributed by atoms with E-state index in [1.807, 2.05) is 48.5 Å². The van der Waals surface area contributed by atoms with Crippen LogP contribution >= 0.6 is 0 Å². The van der Waals surface area contributed by atoms with E-state index >= 15 is 0 Å². The van der Waals surface area contributed by atoms with Crippen LogP contribution in [0, 0.1) is 0 Å². The van der Waals surface area contributed by atoms with Crippen LogP contribution in [0.2, 0.25) is 0 Å². The third kappa shape index (κ3) is 5.41. The molecule has 0 atom stereocenters. The van der Waals surface area contributed by atoms with Crippen LogP contribution in [0.1, 0.15) is 32.8 Å². The van der Waals surface area contributed by atoms with Crippen LogP contribution in [-0.4, -0.2) is 36.1 Å². The van der Waals surface area contributed by atoms with Gasteiger partial charge in [0.05, 0.1) is 7.11 Å². The minimum Gasteiger partial charge on any atom is -0.497 e. The van der Waals surface area contributed by atoms with Crippen LogP contribution < -0.4 is 10.1 Å². The number of fused-ring (bicyclic) bond motifs is 1. The molecule has 2 N–H and O–H groups in total. The molecule has 0 bridgehead atoms. The fourth-order valence-corrected chi connectivity index (χ4v) is 3.34. The van der Waals surface area contributed by atoms with Crippen LogP contribution in [0.15, 0.2) is 48.5 Å². The molecule has 0 aliphatic carbocycles. The van der Waals surface area contributed by atoms with Gasteiger partial charge in [-0.2, -0.15) is 0 Å². The summed E-state index contributed by atoms with van der Waals surface area (Å²) in [4.78, 5) is 27.6. The van der Waals surface area contributed by atoms with Crippen molar-refractivity contribution in [2.75, 3.05) is 13.7 Å². The molecular formula is C24H28N2O4. The highest BCUT2D eigenvalue weighted by Crippen LogP contribution is 2.32. The Labute approximate surface area is 176 Å². The quantitative estimate of drug-likeness (QED) is 0.573. The summed E-state index contributed by atoms with van der Waals surface area (Å²) in [5, 5.41) is 3.74. The SMILES string of the molecule is COc1ccc(-c2[nH]c3ccccc3c2CCC(=O)NCC(=O)OC(C)(C)C)cc1. The van der Waals surface area contributed by atoms with Crippen molar-refractivity contribution in [3.8, 4) is 17.0 Å². The molecule has 3 rings (SSSR count). The number of amides is 1. The zero-order valence-corrected chi connectivity index (χ0v) is 17.9. The van der Waals surface area contributed by atoms with Crippen molar-refractivity contribution in [2.45, 2.75) is 39.2 Å². The van der Waals surface area contributed by atoms with Crippen molar-refractivity contribution < 1.29 is 19.1 Å². The summed E-state index contributed by atoms with van der Waals surface area (Å²) >= 11 is 0. The number of aryl methyl sites for hydroxylation is 1. The molecule has 6 nitrogen and oxygen atoms in total. The summed E-state index contributed by atoms with van der Waals surface area (Å²) in [6.07, 6.45) is 0.819. The second-order valence-corrected chi connectivity index (χ2v) is 8.12. The summed E-state index contributed by atoms with van der Waals surface area (Å²) in [5.41, 5.74) is 3.53. The number of benzene rings is 2. The molecule has 1 aromatic heterocycles. The van der Waals surface area contributed by atoms with Crippen molar-refractivity contribution in [1.29, 1.82) is 0 Å². The smallest absolute Gasteiger partial charge is 0.325 e. The number of methoxy groups -OCH3 is 1. The largest absolute Gasteiger partial charge is 0.497 e. The van der Waals surface area contributed by atoms with Gasteiger partial charge < -0.3 is 19.8 Å². The predicted octanol–water partition coefficient (Wildman–Crippen LogP) is 4.23. The third-order valence-electron chi connectivity index (χ3n) is 4.64. The topological polar surface area (TPSA) is 80.4 Å². The highest BCUT2D eigenvalue weighted by Gasteiger charge is 2.18. The van der Waals surface area contributed by atoms with Gasteiger partial charge in [0.1, 0.15) is 17.9 Å². The standard InChI is InChI=1S/C24H28N2O4/c1-24(2,3)30-22(28)15-25-21(27)14-13-19-18-7-5-6-8-20(18)26-23(19)16-9-11-17(29-4)12-10-16/h5-12,26H,13-15H2,1-4H3,(H,25,27). The van der Waals surface area contributed by atoms with E-state index in [0.29, 0.717) is 6.42 Å². The van der Waals surface area contributed by atoms with Gasteiger partial charge in [0.2, 0.25) is 5.91 Å². The Morgan fingerprint density at radius 3 is 2.40 bits per heavy atom. The van der Waals surface area contributed by atoms with Crippen LogP contribution in [0.25, 0.3) is 22.2 Å². The van der Waals surface area contributed by atoms with Crippen molar-refractivity contribution in [2.24, 2.45) is 0 Å². The summed E-state index contributed by atoms with van der Waals surface area (Å²) in [7, 11) is 1.64. The van der Waals surface area contributed by atoms with Gasteiger partial charge in [0.25, 0.3) is 0 Å². The number of hydrogen-bond acceptors (Lipinski definition) is 4. The van der Waals surface area contributed by atoms with Crippen LogP contribution in [-0.2, 0) is 20.7 Å². The van der Waals surface area contributed by atoms with E-state index in [4.69, 9.17) is 9.47 Å². The average molecular weight is 408 g/mol. The molecule has 6 heteroatoms. The predicted molar refractivity (Wildman–Crippen MR) is 117 cm³/mol. The molecule has 0 aliphatic rings. The summed E-state index contributed by atoms with van der Waals surface area (Å²) in [6.45, 7) is 5.26. The van der Waals surface area contributed by atoms with Gasteiger partial charge in [0, 0.05) is 23.0 Å². The number of nitrogens with one attached hydrogen (secondary N) is 2. The van der Waals surface area contributed by atoms with Crippen LogP contribution in [0.3, 0.4) is 0 Å². The number of ether oxygens (including phenoxy) is 2. The van der Waals surface area contributed by atoms with E-state index in [9.17, 15) is 9.59 Å². The molecule has 0 radical (unpaired) electrons. The average Bonchev–Trinajstić information content (AvgIpc) is 3.08. The number of rotatable bonds is 7. The lowest BCUT2D eigenvalue weighted by Crippen LogP contribution is -2.34. The Kier molecular flexibility index (Phi) is 6.45. The second kappa shape index (κ2) is 9.03. The van der Waals surface area contributed by atoms with Crippen LogP contribution in [0.5, 0.6) is 5.75 Å². The Bertz CT molecular complexity index is 1030. The molecule has 1 amide bonds. The van der Waals surface area contributed by atoms with Crippen molar-refractivity contribution in [1.82, 2.24) is 10.3 Å². The van der Waals surface area contributed by atoms with Gasteiger partial charge in [-0.1, -0.05) is 18.2 Å². The zero-order valence-electron chi connectivity index (χ0n) is 17.9. The number of aromatic amines is 1. The number of hydrogen-bond donors (Lipinski definition) is 2. The Hall–Kier alpha value is -3.28. The first kappa shape index (κ1) is 21.4. The normalized spacial score (nSPS) is 11.3. The summed E-state index contributed by atoms with van der Waals surface area (Å²) in [5.74, 6) is 0.159. The minimum absolute atomic E-state index is 0.130. The molecule has 0 fully saturated rings. The molecule has 1 heterocycles. The molecule has 3 aromatic rings. The van der Waals surface area contributed by atoms with E-state index in [-0.39, 0.29) is 18.9 Å². The highest BCUT2D eigenvalue weighted by molar-refractivity contribution is 5.91. The Morgan fingerprint density at radius 2 is 1.73 bits per heavy atom. The van der Waals surface area contributed by atoms with Crippen molar-refractivity contribution in [3.63, 3.8) is 0 Å². The number of para-hydroxylation sites is 1. The molecule has 0 aliphatic heterocycles. The second-order valence-electron chi connectivity index (χ2n) is 8.12. The van der Waals surface area contributed by atoms with Crippen LogP contribution in [0.4, 0.5) is 0 Å². The first-order valence-electron chi connectivity index (χ1n) is 9.99. The molecule has 0 saturated heterocycles. The number of carbonyl (C=O) groups excluding carboxylic acids is 2. The third-order valence-corrected chi connectivity index (χ3v) is 4.64. The van der Waals surface area contributed by atoms with Gasteiger partial charge in [-0.3, -0.25) is 9.59 Å².